The van der Waals surface area contributed by atoms with Gasteiger partial charge in [-0.05, 0) is 13.5 Å². The molecule has 1 N–H and O–H groups in total. The fourth-order valence-corrected chi connectivity index (χ4v) is 1.99. The fraction of sp³-hybridized carbons (Fsp3) is 0.750. The number of nitrogens with one attached hydrogen (secondary N) is 1. The van der Waals surface area contributed by atoms with Gasteiger partial charge < -0.3 is 5.32 Å². The molecule has 1 rings (SSSR count). The molecule has 0 saturated heterocycles. The van der Waals surface area contributed by atoms with Crippen molar-refractivity contribution in [3.63, 3.8) is 0 Å². The summed E-state index contributed by atoms with van der Waals surface area (Å²) < 4.78 is 2.15. The van der Waals surface area contributed by atoms with Crippen molar-refractivity contribution in [1.29, 1.82) is 0 Å². The van der Waals surface area contributed by atoms with Crippen molar-refractivity contribution < 1.29 is 0 Å². The van der Waals surface area contributed by atoms with Crippen LogP contribution in [0.2, 0.25) is 0 Å². The first-order valence-electron chi connectivity index (χ1n) is 5.70. The van der Waals surface area contributed by atoms with E-state index in [4.69, 9.17) is 0 Å². The highest BCUT2D eigenvalue weighted by molar-refractivity contribution is 5.24. The molecule has 1 aromatic heterocycles. The first kappa shape index (κ1) is 12.2. The Kier molecular flexibility index (Phi) is 3.91. The molecule has 1 aromatic rings. The van der Waals surface area contributed by atoms with Gasteiger partial charge >= 0.3 is 0 Å². The number of nitrogens with zero attached hydrogens (tertiary/aromatic N) is 2. The zero-order chi connectivity index (χ0) is 11.5. The first-order chi connectivity index (χ1) is 7.00. The van der Waals surface area contributed by atoms with E-state index in [-0.39, 0.29) is 5.41 Å². The van der Waals surface area contributed by atoms with Gasteiger partial charge in [-0.3, -0.25) is 4.68 Å². The molecule has 0 atom stereocenters. The van der Waals surface area contributed by atoms with Crippen LogP contribution in [0.25, 0.3) is 0 Å². The summed E-state index contributed by atoms with van der Waals surface area (Å²) in [4.78, 5) is 0. The van der Waals surface area contributed by atoms with Crippen LogP contribution in [0.15, 0.2) is 6.20 Å². The lowest BCUT2D eigenvalue weighted by Crippen LogP contribution is -2.21. The van der Waals surface area contributed by atoms with Gasteiger partial charge in [-0.2, -0.15) is 5.10 Å². The molecular formula is C12H23N3. The van der Waals surface area contributed by atoms with Gasteiger partial charge in [0.05, 0.1) is 6.20 Å². The Hall–Kier alpha value is -0.830. The molecule has 0 spiro atoms. The minimum Gasteiger partial charge on any atom is -0.316 e. The number of aryl methyl sites for hydroxylation is 1. The molecule has 0 aliphatic rings. The Morgan fingerprint density at radius 3 is 2.53 bits per heavy atom. The summed E-state index contributed by atoms with van der Waals surface area (Å²) in [5.74, 6) is 0. The monoisotopic (exact) mass is 209 g/mol. The average Bonchev–Trinajstić information content (AvgIpc) is 2.48. The summed E-state index contributed by atoms with van der Waals surface area (Å²) in [5, 5.41) is 7.67. The smallest absolute Gasteiger partial charge is 0.0537 e. The molecule has 3 nitrogen and oxygen atoms in total. The lowest BCUT2D eigenvalue weighted by molar-refractivity contribution is 0.476. The molecule has 0 saturated carbocycles. The van der Waals surface area contributed by atoms with Gasteiger partial charge in [0.15, 0.2) is 0 Å². The normalized spacial score (nSPS) is 12.1. The number of aromatic nitrogens is 2. The standard InChI is InChI=1S/C12H23N3/c1-6-7-15-11(12(2,3)4)10(8-13-5)9-14-15/h9,13H,6-8H2,1-5H3. The molecule has 3 heteroatoms. The molecule has 0 fully saturated rings. The molecular weight excluding hydrogens is 186 g/mol. The summed E-state index contributed by atoms with van der Waals surface area (Å²) in [6, 6.07) is 0. The van der Waals surface area contributed by atoms with Crippen LogP contribution < -0.4 is 5.32 Å². The van der Waals surface area contributed by atoms with E-state index in [0.717, 1.165) is 19.5 Å². The lowest BCUT2D eigenvalue weighted by Gasteiger charge is -2.22. The van der Waals surface area contributed by atoms with Crippen molar-refractivity contribution in [2.75, 3.05) is 7.05 Å². The van der Waals surface area contributed by atoms with Crippen LogP contribution in [-0.4, -0.2) is 16.8 Å². The summed E-state index contributed by atoms with van der Waals surface area (Å²) in [7, 11) is 1.98. The molecule has 0 radical (unpaired) electrons. The van der Waals surface area contributed by atoms with Gasteiger partial charge in [0, 0.05) is 29.8 Å². The third-order valence-electron chi connectivity index (χ3n) is 2.43. The zero-order valence-electron chi connectivity index (χ0n) is 10.6. The van der Waals surface area contributed by atoms with Crippen LogP contribution in [-0.2, 0) is 18.5 Å². The third-order valence-corrected chi connectivity index (χ3v) is 2.43. The van der Waals surface area contributed by atoms with E-state index in [1.807, 2.05) is 13.2 Å². The van der Waals surface area contributed by atoms with E-state index in [2.05, 4.69) is 42.8 Å². The predicted molar refractivity (Wildman–Crippen MR) is 64.0 cm³/mol. The largest absolute Gasteiger partial charge is 0.316 e. The predicted octanol–water partition coefficient (Wildman–Crippen LogP) is 2.31. The van der Waals surface area contributed by atoms with Crippen LogP contribution in [0.1, 0.15) is 45.4 Å². The quantitative estimate of drug-likeness (QED) is 0.824. The number of rotatable bonds is 4. The molecule has 0 amide bonds. The zero-order valence-corrected chi connectivity index (χ0v) is 10.6. The Balaban J connectivity index is 3.08. The van der Waals surface area contributed by atoms with E-state index in [1.54, 1.807) is 0 Å². The van der Waals surface area contributed by atoms with Gasteiger partial charge in [-0.25, -0.2) is 0 Å². The SMILES string of the molecule is CCCn1ncc(CNC)c1C(C)(C)C. The summed E-state index contributed by atoms with van der Waals surface area (Å²) >= 11 is 0. The van der Waals surface area contributed by atoms with Crippen molar-refractivity contribution in [2.45, 2.75) is 52.6 Å². The van der Waals surface area contributed by atoms with Crippen molar-refractivity contribution in [3.05, 3.63) is 17.5 Å². The first-order valence-corrected chi connectivity index (χ1v) is 5.70. The second-order valence-corrected chi connectivity index (χ2v) is 5.02. The summed E-state index contributed by atoms with van der Waals surface area (Å²) in [6.45, 7) is 10.8. The fourth-order valence-electron chi connectivity index (χ4n) is 1.99. The topological polar surface area (TPSA) is 29.9 Å². The summed E-state index contributed by atoms with van der Waals surface area (Å²) in [5.41, 5.74) is 2.84. The van der Waals surface area contributed by atoms with Crippen molar-refractivity contribution in [3.8, 4) is 0 Å². The molecule has 0 aliphatic carbocycles. The second-order valence-electron chi connectivity index (χ2n) is 5.02. The Bertz CT molecular complexity index is 284. The highest BCUT2D eigenvalue weighted by Crippen LogP contribution is 2.25. The van der Waals surface area contributed by atoms with Crippen molar-refractivity contribution in [1.82, 2.24) is 15.1 Å². The molecule has 0 aromatic carbocycles. The van der Waals surface area contributed by atoms with Gasteiger partial charge in [0.25, 0.3) is 0 Å². The van der Waals surface area contributed by atoms with Crippen LogP contribution in [0.5, 0.6) is 0 Å². The Labute approximate surface area is 92.9 Å². The van der Waals surface area contributed by atoms with Gasteiger partial charge in [0.1, 0.15) is 0 Å². The van der Waals surface area contributed by atoms with Crippen molar-refractivity contribution >= 4 is 0 Å². The van der Waals surface area contributed by atoms with Gasteiger partial charge in [-0.1, -0.05) is 27.7 Å². The third kappa shape index (κ3) is 2.81. The van der Waals surface area contributed by atoms with Crippen molar-refractivity contribution in [2.24, 2.45) is 0 Å². The molecule has 0 unspecified atom stereocenters. The molecule has 0 aliphatic heterocycles. The van der Waals surface area contributed by atoms with E-state index in [1.165, 1.54) is 11.3 Å². The molecule has 0 bridgehead atoms. The average molecular weight is 209 g/mol. The maximum absolute atomic E-state index is 4.47. The van der Waals surface area contributed by atoms with Crippen LogP contribution in [0, 0.1) is 0 Å². The Morgan fingerprint density at radius 1 is 1.40 bits per heavy atom. The minimum absolute atomic E-state index is 0.165. The Morgan fingerprint density at radius 2 is 2.07 bits per heavy atom. The van der Waals surface area contributed by atoms with Gasteiger partial charge in [-0.15, -0.1) is 0 Å². The maximum atomic E-state index is 4.47. The highest BCUT2D eigenvalue weighted by Gasteiger charge is 2.22. The van der Waals surface area contributed by atoms with E-state index in [0.29, 0.717) is 0 Å². The molecule has 86 valence electrons. The van der Waals surface area contributed by atoms with Gasteiger partial charge in [0.2, 0.25) is 0 Å². The molecule has 15 heavy (non-hydrogen) atoms. The second kappa shape index (κ2) is 4.79. The van der Waals surface area contributed by atoms with Crippen LogP contribution >= 0.6 is 0 Å². The van der Waals surface area contributed by atoms with Crippen LogP contribution in [0.3, 0.4) is 0 Å². The van der Waals surface area contributed by atoms with E-state index >= 15 is 0 Å². The summed E-state index contributed by atoms with van der Waals surface area (Å²) in [6.07, 6.45) is 3.12. The lowest BCUT2D eigenvalue weighted by atomic mass is 9.89. The van der Waals surface area contributed by atoms with E-state index in [9.17, 15) is 0 Å². The number of hydrogen-bond acceptors (Lipinski definition) is 2. The number of hydrogen-bond donors (Lipinski definition) is 1. The van der Waals surface area contributed by atoms with E-state index < -0.39 is 0 Å². The molecule has 1 heterocycles. The highest BCUT2D eigenvalue weighted by atomic mass is 15.3. The minimum atomic E-state index is 0.165. The maximum Gasteiger partial charge on any atom is 0.0537 e. The van der Waals surface area contributed by atoms with Crippen LogP contribution in [0.4, 0.5) is 0 Å².